The Balaban J connectivity index is 2.26. The van der Waals surface area contributed by atoms with Crippen LogP contribution in [0.2, 0.25) is 0 Å². The summed E-state index contributed by atoms with van der Waals surface area (Å²) in [6, 6.07) is 5.92. The molecular weight excluding hydrogens is 212 g/mol. The fourth-order valence-corrected chi connectivity index (χ4v) is 2.19. The van der Waals surface area contributed by atoms with Gasteiger partial charge in [-0.25, -0.2) is 0 Å². The lowest BCUT2D eigenvalue weighted by Crippen LogP contribution is -2.61. The predicted octanol–water partition coefficient (Wildman–Crippen LogP) is 1.44. The molecule has 1 aromatic carbocycles. The zero-order chi connectivity index (χ0) is 12.5. The van der Waals surface area contributed by atoms with Gasteiger partial charge < -0.3 is 10.6 Å². The van der Waals surface area contributed by atoms with E-state index >= 15 is 0 Å². The molecule has 1 heterocycles. The first-order valence-corrected chi connectivity index (χ1v) is 6.11. The maximum atomic E-state index is 12.5. The Labute approximate surface area is 103 Å². The Bertz CT molecular complexity index is 434. The highest BCUT2D eigenvalue weighted by molar-refractivity contribution is 6.03. The quantitative estimate of drug-likeness (QED) is 0.758. The van der Waals surface area contributed by atoms with Crippen molar-refractivity contribution < 1.29 is 4.79 Å². The number of nitrogens with one attached hydrogen (secondary N) is 2. The summed E-state index contributed by atoms with van der Waals surface area (Å²) < 4.78 is 0. The minimum atomic E-state index is -0.472. The van der Waals surface area contributed by atoms with E-state index in [-0.39, 0.29) is 5.78 Å². The van der Waals surface area contributed by atoms with Gasteiger partial charge in [-0.05, 0) is 38.0 Å². The van der Waals surface area contributed by atoms with Gasteiger partial charge in [0.05, 0.1) is 5.54 Å². The molecule has 1 atom stereocenters. The van der Waals surface area contributed by atoms with E-state index in [2.05, 4.69) is 17.6 Å². The second-order valence-electron chi connectivity index (χ2n) is 5.06. The van der Waals surface area contributed by atoms with Gasteiger partial charge in [0.1, 0.15) is 0 Å². The van der Waals surface area contributed by atoms with Crippen LogP contribution in [0.25, 0.3) is 0 Å². The minimum Gasteiger partial charge on any atom is -0.313 e. The molecule has 0 amide bonds. The van der Waals surface area contributed by atoms with E-state index < -0.39 is 5.54 Å². The van der Waals surface area contributed by atoms with E-state index in [9.17, 15) is 4.79 Å². The van der Waals surface area contributed by atoms with E-state index in [0.717, 1.165) is 18.7 Å². The molecule has 1 saturated heterocycles. The first-order valence-electron chi connectivity index (χ1n) is 6.11. The van der Waals surface area contributed by atoms with Gasteiger partial charge in [0.15, 0.2) is 5.78 Å². The van der Waals surface area contributed by atoms with Crippen molar-refractivity contribution in [3.8, 4) is 0 Å². The zero-order valence-corrected chi connectivity index (χ0v) is 10.8. The molecule has 3 nitrogen and oxygen atoms in total. The predicted molar refractivity (Wildman–Crippen MR) is 69.5 cm³/mol. The van der Waals surface area contributed by atoms with Crippen molar-refractivity contribution in [3.63, 3.8) is 0 Å². The second-order valence-corrected chi connectivity index (χ2v) is 5.06. The number of piperazine rings is 1. The molecule has 1 unspecified atom stereocenters. The molecular formula is C14H20N2O. The molecule has 1 aliphatic rings. The highest BCUT2D eigenvalue weighted by Crippen LogP contribution is 2.17. The lowest BCUT2D eigenvalue weighted by atomic mass is 9.88. The Morgan fingerprint density at radius 1 is 1.24 bits per heavy atom. The fourth-order valence-electron chi connectivity index (χ4n) is 2.19. The number of aryl methyl sites for hydroxylation is 2. The number of Topliss-reactive ketones (excluding diaryl/α,β-unsaturated/α-hetero) is 1. The van der Waals surface area contributed by atoms with Crippen molar-refractivity contribution in [2.75, 3.05) is 19.6 Å². The SMILES string of the molecule is Cc1ccc(C(=O)C2(C)CNCCN2)cc1C. The zero-order valence-electron chi connectivity index (χ0n) is 10.8. The van der Waals surface area contributed by atoms with Crippen LogP contribution in [0, 0.1) is 13.8 Å². The fraction of sp³-hybridized carbons (Fsp3) is 0.500. The minimum absolute atomic E-state index is 0.174. The average molecular weight is 232 g/mol. The summed E-state index contributed by atoms with van der Waals surface area (Å²) in [5, 5.41) is 6.58. The first kappa shape index (κ1) is 12.3. The van der Waals surface area contributed by atoms with Crippen LogP contribution < -0.4 is 10.6 Å². The number of hydrogen-bond acceptors (Lipinski definition) is 3. The normalized spacial score (nSPS) is 24.6. The molecule has 0 aromatic heterocycles. The number of ketones is 1. The summed E-state index contributed by atoms with van der Waals surface area (Å²) in [6.07, 6.45) is 0. The number of carbonyl (C=O) groups excluding carboxylic acids is 1. The molecule has 0 saturated carbocycles. The Morgan fingerprint density at radius 3 is 2.59 bits per heavy atom. The van der Waals surface area contributed by atoms with E-state index in [1.165, 1.54) is 11.1 Å². The van der Waals surface area contributed by atoms with Gasteiger partial charge in [0.2, 0.25) is 0 Å². The summed E-state index contributed by atoms with van der Waals surface area (Å²) in [7, 11) is 0. The summed E-state index contributed by atoms with van der Waals surface area (Å²) in [6.45, 7) is 8.53. The summed E-state index contributed by atoms with van der Waals surface area (Å²) >= 11 is 0. The molecule has 1 aromatic rings. The highest BCUT2D eigenvalue weighted by Gasteiger charge is 2.34. The molecule has 17 heavy (non-hydrogen) atoms. The van der Waals surface area contributed by atoms with Crippen molar-refractivity contribution in [1.29, 1.82) is 0 Å². The van der Waals surface area contributed by atoms with Crippen LogP contribution >= 0.6 is 0 Å². The van der Waals surface area contributed by atoms with E-state index in [4.69, 9.17) is 0 Å². The molecule has 92 valence electrons. The number of carbonyl (C=O) groups is 1. The number of benzene rings is 1. The lowest BCUT2D eigenvalue weighted by molar-refractivity contribution is 0.0849. The third-order valence-corrected chi connectivity index (χ3v) is 3.57. The van der Waals surface area contributed by atoms with Crippen LogP contribution in [-0.4, -0.2) is 31.0 Å². The molecule has 0 spiro atoms. The van der Waals surface area contributed by atoms with Gasteiger partial charge in [0, 0.05) is 25.2 Å². The first-order chi connectivity index (χ1) is 8.03. The van der Waals surface area contributed by atoms with Gasteiger partial charge in [-0.2, -0.15) is 0 Å². The van der Waals surface area contributed by atoms with E-state index in [1.807, 2.05) is 32.0 Å². The van der Waals surface area contributed by atoms with Crippen molar-refractivity contribution in [3.05, 3.63) is 34.9 Å². The lowest BCUT2D eigenvalue weighted by Gasteiger charge is -2.34. The molecule has 0 radical (unpaired) electrons. The average Bonchev–Trinajstić information content (AvgIpc) is 2.33. The Kier molecular flexibility index (Phi) is 3.31. The molecule has 1 fully saturated rings. The van der Waals surface area contributed by atoms with Crippen molar-refractivity contribution in [2.45, 2.75) is 26.3 Å². The molecule has 1 aliphatic heterocycles. The summed E-state index contributed by atoms with van der Waals surface area (Å²) in [5.41, 5.74) is 2.72. The van der Waals surface area contributed by atoms with Crippen molar-refractivity contribution in [1.82, 2.24) is 10.6 Å². The molecule has 2 N–H and O–H groups in total. The molecule has 2 rings (SSSR count). The maximum absolute atomic E-state index is 12.5. The van der Waals surface area contributed by atoms with Crippen molar-refractivity contribution in [2.24, 2.45) is 0 Å². The third kappa shape index (κ3) is 2.40. The second kappa shape index (κ2) is 4.59. The summed E-state index contributed by atoms with van der Waals surface area (Å²) in [5.74, 6) is 0.174. The smallest absolute Gasteiger partial charge is 0.183 e. The van der Waals surface area contributed by atoms with Gasteiger partial charge in [-0.1, -0.05) is 12.1 Å². The van der Waals surface area contributed by atoms with Crippen LogP contribution in [-0.2, 0) is 0 Å². The Morgan fingerprint density at radius 2 is 2.00 bits per heavy atom. The van der Waals surface area contributed by atoms with Crippen molar-refractivity contribution >= 4 is 5.78 Å². The van der Waals surface area contributed by atoms with Crippen LogP contribution in [0.5, 0.6) is 0 Å². The largest absolute Gasteiger partial charge is 0.313 e. The van der Waals surface area contributed by atoms with E-state index in [1.54, 1.807) is 0 Å². The highest BCUT2D eigenvalue weighted by atomic mass is 16.1. The van der Waals surface area contributed by atoms with Gasteiger partial charge in [0.25, 0.3) is 0 Å². The number of rotatable bonds is 2. The van der Waals surface area contributed by atoms with Gasteiger partial charge >= 0.3 is 0 Å². The topological polar surface area (TPSA) is 41.1 Å². The van der Waals surface area contributed by atoms with Crippen LogP contribution in [0.1, 0.15) is 28.4 Å². The van der Waals surface area contributed by atoms with E-state index in [0.29, 0.717) is 6.54 Å². The van der Waals surface area contributed by atoms with Crippen LogP contribution in [0.4, 0.5) is 0 Å². The third-order valence-electron chi connectivity index (χ3n) is 3.57. The van der Waals surface area contributed by atoms with Gasteiger partial charge in [-0.3, -0.25) is 4.79 Å². The Hall–Kier alpha value is -1.19. The molecule has 0 aliphatic carbocycles. The van der Waals surface area contributed by atoms with Crippen LogP contribution in [0.15, 0.2) is 18.2 Å². The molecule has 3 heteroatoms. The molecule has 0 bridgehead atoms. The van der Waals surface area contributed by atoms with Gasteiger partial charge in [-0.15, -0.1) is 0 Å². The maximum Gasteiger partial charge on any atom is 0.183 e. The number of hydrogen-bond donors (Lipinski definition) is 2. The monoisotopic (exact) mass is 232 g/mol. The van der Waals surface area contributed by atoms with Crippen LogP contribution in [0.3, 0.4) is 0 Å². The summed E-state index contributed by atoms with van der Waals surface area (Å²) in [4.78, 5) is 12.5. The standard InChI is InChI=1S/C14H20N2O/c1-10-4-5-12(8-11(10)2)13(17)14(3)9-15-6-7-16-14/h4-5,8,15-16H,6-7,9H2,1-3H3.